The van der Waals surface area contributed by atoms with Crippen molar-refractivity contribution in [2.45, 2.75) is 108 Å². The Kier molecular flexibility index (Phi) is 13.5. The van der Waals surface area contributed by atoms with Crippen LogP contribution in [-0.2, 0) is 9.53 Å². The van der Waals surface area contributed by atoms with Crippen molar-refractivity contribution in [3.8, 4) is 0 Å². The van der Waals surface area contributed by atoms with E-state index in [0.717, 1.165) is 0 Å². The molecule has 346 valence electrons. The standard InChI is InChI=1S/C22H9F33O3/c1-2-6(57)58-4-5(56)3-7(23,24)9(26,27)12(32,33)10(28,29)8(25,21(50,51)52)11(30,31)13(34,35)14(36,37)15(38,39)16(40,41)17(42,43)18(44,45)19(46,47)20(48,49)22(53,54)55/h2,5,56H,1,3-4H2. The molecule has 0 aromatic rings. The van der Waals surface area contributed by atoms with E-state index >= 15 is 0 Å². The number of carbonyl (C=O) groups excluding carboxylic acids is 1. The van der Waals surface area contributed by atoms with Crippen molar-refractivity contribution >= 4 is 5.97 Å². The van der Waals surface area contributed by atoms with E-state index in [1.165, 1.54) is 0 Å². The van der Waals surface area contributed by atoms with Crippen LogP contribution in [0.25, 0.3) is 0 Å². The Labute approximate surface area is 293 Å². The van der Waals surface area contributed by atoms with Gasteiger partial charge >= 0.3 is 101 Å². The number of hydrogen-bond donors (Lipinski definition) is 1. The molecule has 0 fully saturated rings. The predicted molar refractivity (Wildman–Crippen MR) is 112 cm³/mol. The Bertz CT molecular complexity index is 1500. The van der Waals surface area contributed by atoms with Gasteiger partial charge in [0.1, 0.15) is 6.61 Å². The number of rotatable bonds is 18. The fourth-order valence-electron chi connectivity index (χ4n) is 3.69. The summed E-state index contributed by atoms with van der Waals surface area (Å²) in [5, 5.41) is 9.07. The number of aliphatic hydroxyl groups excluding tert-OH is 1. The summed E-state index contributed by atoms with van der Waals surface area (Å²) in [6, 6.07) is 0. The molecule has 0 saturated heterocycles. The topological polar surface area (TPSA) is 46.5 Å². The van der Waals surface area contributed by atoms with Crippen molar-refractivity contribution in [3.05, 3.63) is 12.7 Å². The van der Waals surface area contributed by atoms with Gasteiger partial charge in [-0.3, -0.25) is 0 Å². The van der Waals surface area contributed by atoms with Crippen molar-refractivity contribution < 1.29 is 160 Å². The molecule has 3 nitrogen and oxygen atoms in total. The predicted octanol–water partition coefficient (Wildman–Crippen LogP) is 10.6. The number of alkyl halides is 33. The van der Waals surface area contributed by atoms with E-state index in [4.69, 9.17) is 5.11 Å². The van der Waals surface area contributed by atoms with Crippen molar-refractivity contribution in [1.29, 1.82) is 0 Å². The number of ether oxygens (including phenoxy) is 1. The summed E-state index contributed by atoms with van der Waals surface area (Å²) in [5.41, 5.74) is -10.4. The van der Waals surface area contributed by atoms with Crippen LogP contribution in [0.4, 0.5) is 145 Å². The second-order valence-electron chi connectivity index (χ2n) is 10.9. The molecule has 0 spiro atoms. The number of halogens is 33. The fraction of sp³-hybridized carbons (Fsp3) is 0.864. The molecule has 0 aliphatic rings. The van der Waals surface area contributed by atoms with Gasteiger partial charge in [0, 0.05) is 12.5 Å². The second-order valence-corrected chi connectivity index (χ2v) is 10.9. The zero-order chi connectivity index (χ0) is 48.0. The summed E-state index contributed by atoms with van der Waals surface area (Å²) < 4.78 is 455. The van der Waals surface area contributed by atoms with Crippen LogP contribution in [0.15, 0.2) is 12.7 Å². The van der Waals surface area contributed by atoms with Crippen molar-refractivity contribution in [1.82, 2.24) is 0 Å². The average Bonchev–Trinajstić information content (AvgIpc) is 3.00. The molecule has 0 amide bonds. The van der Waals surface area contributed by atoms with Crippen molar-refractivity contribution in [3.63, 3.8) is 0 Å². The molecule has 0 aliphatic heterocycles. The molecule has 2 unspecified atom stereocenters. The molecular formula is C22H9F33O3. The molecule has 0 rings (SSSR count). The van der Waals surface area contributed by atoms with Gasteiger partial charge in [-0.2, -0.15) is 140 Å². The SMILES string of the molecule is C=CC(=O)OCC(O)CC(F)(F)C(F)(F)C(F)(F)C(F)(F)C(F)(C(F)(F)F)C(F)(F)C(F)(F)C(F)(F)C(F)(F)C(F)(F)C(F)(F)C(F)(F)C(F)(F)C(F)(F)C(F)(F)F. The van der Waals surface area contributed by atoms with Gasteiger partial charge in [0.2, 0.25) is 0 Å². The molecule has 36 heteroatoms. The number of esters is 1. The van der Waals surface area contributed by atoms with E-state index in [9.17, 15) is 150 Å². The first-order valence-corrected chi connectivity index (χ1v) is 12.8. The molecule has 0 aromatic carbocycles. The van der Waals surface area contributed by atoms with Gasteiger partial charge in [-0.25, -0.2) is 9.18 Å². The number of aliphatic hydroxyl groups is 1. The Morgan fingerprint density at radius 3 is 0.897 bits per heavy atom. The molecule has 1 N–H and O–H groups in total. The highest BCUT2D eigenvalue weighted by atomic mass is 19.4. The minimum Gasteiger partial charge on any atom is -0.460 e. The smallest absolute Gasteiger partial charge is 0.460 e. The quantitative estimate of drug-likeness (QED) is 0.0846. The molecule has 0 aromatic heterocycles. The van der Waals surface area contributed by atoms with Crippen LogP contribution in [0.3, 0.4) is 0 Å². The molecule has 0 radical (unpaired) electrons. The zero-order valence-electron chi connectivity index (χ0n) is 25.5. The summed E-state index contributed by atoms with van der Waals surface area (Å²) in [6.45, 7) is 0.357. The van der Waals surface area contributed by atoms with E-state index in [2.05, 4.69) is 11.3 Å². The molecule has 2 atom stereocenters. The van der Waals surface area contributed by atoms with Gasteiger partial charge in [-0.1, -0.05) is 6.58 Å². The van der Waals surface area contributed by atoms with E-state index in [1.54, 1.807) is 0 Å². The lowest BCUT2D eigenvalue weighted by molar-refractivity contribution is -0.495. The highest BCUT2D eigenvalue weighted by Crippen LogP contribution is 2.71. The largest absolute Gasteiger partial charge is 0.460 e. The van der Waals surface area contributed by atoms with Gasteiger partial charge in [0.15, 0.2) is 0 Å². The Hall–Kier alpha value is -3.14. The molecular weight excluding hydrogens is 939 g/mol. The van der Waals surface area contributed by atoms with Gasteiger partial charge in [-0.05, 0) is 0 Å². The third-order valence-electron chi connectivity index (χ3n) is 7.09. The van der Waals surface area contributed by atoms with Crippen LogP contribution in [0.5, 0.6) is 0 Å². The zero-order valence-corrected chi connectivity index (χ0v) is 25.5. The minimum atomic E-state index is -10.5. The Morgan fingerprint density at radius 1 is 0.414 bits per heavy atom. The molecule has 0 saturated carbocycles. The normalized spacial score (nSPS) is 17.8. The number of hydrogen-bond acceptors (Lipinski definition) is 3. The van der Waals surface area contributed by atoms with Crippen LogP contribution in [0.1, 0.15) is 6.42 Å². The molecule has 58 heavy (non-hydrogen) atoms. The van der Waals surface area contributed by atoms with E-state index < -0.39 is 120 Å². The lowest BCUT2D eigenvalue weighted by atomic mass is 9.76. The van der Waals surface area contributed by atoms with Gasteiger partial charge in [0.25, 0.3) is 0 Å². The highest BCUT2D eigenvalue weighted by molar-refractivity contribution is 5.81. The Balaban J connectivity index is 7.96. The third-order valence-corrected chi connectivity index (χ3v) is 7.09. The maximum absolute atomic E-state index is 14.7. The van der Waals surface area contributed by atoms with Crippen LogP contribution in [0.2, 0.25) is 0 Å². The van der Waals surface area contributed by atoms with Crippen LogP contribution < -0.4 is 0 Å². The minimum absolute atomic E-state index is 0.0157. The second kappa shape index (κ2) is 14.2. The third kappa shape index (κ3) is 6.87. The lowest BCUT2D eigenvalue weighted by Gasteiger charge is -2.49. The Morgan fingerprint density at radius 2 is 0.655 bits per heavy atom. The summed E-state index contributed by atoms with van der Waals surface area (Å²) in [7, 11) is 0. The fourth-order valence-corrected chi connectivity index (χ4v) is 3.69. The first kappa shape index (κ1) is 54.9. The summed E-state index contributed by atoms with van der Waals surface area (Å²) in [4.78, 5) is 10.7. The summed E-state index contributed by atoms with van der Waals surface area (Å²) >= 11 is 0. The van der Waals surface area contributed by atoms with Crippen LogP contribution in [0, 0.1) is 0 Å². The van der Waals surface area contributed by atoms with Gasteiger partial charge < -0.3 is 9.84 Å². The monoisotopic (exact) mass is 948 g/mol. The summed E-state index contributed by atoms with van der Waals surface area (Å²) in [5.74, 6) is -128. The summed E-state index contributed by atoms with van der Waals surface area (Å²) in [6.07, 6.45) is -25.4. The maximum atomic E-state index is 14.7. The van der Waals surface area contributed by atoms with Crippen molar-refractivity contribution in [2.75, 3.05) is 6.61 Å². The maximum Gasteiger partial charge on any atom is 0.460 e. The highest BCUT2D eigenvalue weighted by Gasteiger charge is 3.03. The van der Waals surface area contributed by atoms with Crippen LogP contribution in [-0.4, -0.2) is 119 Å². The molecule has 0 aliphatic carbocycles. The number of carbonyl (C=O) groups is 1. The first-order chi connectivity index (χ1) is 24.6. The van der Waals surface area contributed by atoms with E-state index in [1.807, 2.05) is 0 Å². The van der Waals surface area contributed by atoms with E-state index in [-0.39, 0.29) is 6.08 Å². The van der Waals surface area contributed by atoms with Crippen LogP contribution >= 0.6 is 0 Å². The lowest BCUT2D eigenvalue weighted by Crippen LogP contribution is -2.82. The van der Waals surface area contributed by atoms with Crippen molar-refractivity contribution in [2.24, 2.45) is 0 Å². The molecule has 0 heterocycles. The average molecular weight is 948 g/mol. The molecule has 0 bridgehead atoms. The van der Waals surface area contributed by atoms with Gasteiger partial charge in [-0.15, -0.1) is 0 Å². The van der Waals surface area contributed by atoms with Gasteiger partial charge in [0.05, 0.1) is 6.10 Å². The van der Waals surface area contributed by atoms with E-state index in [0.29, 0.717) is 0 Å². The first-order valence-electron chi connectivity index (χ1n) is 12.8.